The standard InChI is InChI=1S/C32H26O12/c1-41-25-7-5-15(9-27(25)43-3)29(37)31(39)19-11-17(21(33)13-23(19)35)18-12-20(24(36)14-22(18)34)32(40)30(38)16-6-8-26(42-2)28(10-16)44-4/h5-14,33-36H,1-4H3. The Bertz CT molecular complexity index is 1690. The smallest absolute Gasteiger partial charge is 0.237 e. The topological polar surface area (TPSA) is 186 Å². The molecule has 0 amide bonds. The highest BCUT2D eigenvalue weighted by Gasteiger charge is 2.28. The fourth-order valence-corrected chi connectivity index (χ4v) is 4.41. The van der Waals surface area contributed by atoms with Crippen LogP contribution in [0.3, 0.4) is 0 Å². The van der Waals surface area contributed by atoms with Crippen molar-refractivity contribution in [1.82, 2.24) is 0 Å². The zero-order chi connectivity index (χ0) is 32.3. The number of carbonyl (C=O) groups excluding carboxylic acids is 4. The molecule has 0 atom stereocenters. The molecule has 4 aromatic rings. The Labute approximate surface area is 250 Å². The molecule has 0 aliphatic rings. The molecular weight excluding hydrogens is 576 g/mol. The van der Waals surface area contributed by atoms with Crippen LogP contribution in [0.5, 0.6) is 46.0 Å². The lowest BCUT2D eigenvalue weighted by Crippen LogP contribution is -2.15. The van der Waals surface area contributed by atoms with Crippen LogP contribution in [0.1, 0.15) is 41.4 Å². The summed E-state index contributed by atoms with van der Waals surface area (Å²) in [5.74, 6) is -6.24. The molecule has 226 valence electrons. The molecule has 4 N–H and O–H groups in total. The average molecular weight is 603 g/mol. The van der Waals surface area contributed by atoms with Crippen molar-refractivity contribution in [3.63, 3.8) is 0 Å². The molecule has 0 radical (unpaired) electrons. The van der Waals surface area contributed by atoms with Gasteiger partial charge in [0.05, 0.1) is 39.6 Å². The number of carbonyl (C=O) groups is 4. The van der Waals surface area contributed by atoms with Gasteiger partial charge in [0, 0.05) is 34.4 Å². The number of hydrogen-bond donors (Lipinski definition) is 4. The van der Waals surface area contributed by atoms with Crippen molar-refractivity contribution in [1.29, 1.82) is 0 Å². The van der Waals surface area contributed by atoms with Crippen LogP contribution >= 0.6 is 0 Å². The number of phenols is 4. The lowest BCUT2D eigenvalue weighted by Gasteiger charge is -2.14. The second-order valence-electron chi connectivity index (χ2n) is 9.23. The van der Waals surface area contributed by atoms with E-state index in [0.29, 0.717) is 11.5 Å². The molecule has 0 aliphatic heterocycles. The predicted octanol–water partition coefficient (Wildman–Crippen LogP) is 4.34. The van der Waals surface area contributed by atoms with Crippen molar-refractivity contribution in [2.45, 2.75) is 0 Å². The molecule has 44 heavy (non-hydrogen) atoms. The zero-order valence-electron chi connectivity index (χ0n) is 23.8. The third-order valence-corrected chi connectivity index (χ3v) is 6.71. The lowest BCUT2D eigenvalue weighted by atomic mass is 9.92. The molecule has 0 heterocycles. The van der Waals surface area contributed by atoms with Gasteiger partial charge in [-0.2, -0.15) is 0 Å². The van der Waals surface area contributed by atoms with Gasteiger partial charge in [-0.3, -0.25) is 19.2 Å². The van der Waals surface area contributed by atoms with E-state index >= 15 is 0 Å². The normalized spacial score (nSPS) is 10.5. The summed E-state index contributed by atoms with van der Waals surface area (Å²) < 4.78 is 20.6. The number of hydrogen-bond acceptors (Lipinski definition) is 12. The fourth-order valence-electron chi connectivity index (χ4n) is 4.41. The highest BCUT2D eigenvalue weighted by Crippen LogP contribution is 2.42. The average Bonchev–Trinajstić information content (AvgIpc) is 3.03. The minimum Gasteiger partial charge on any atom is -0.507 e. The van der Waals surface area contributed by atoms with E-state index < -0.39 is 57.3 Å². The maximum atomic E-state index is 13.2. The van der Waals surface area contributed by atoms with E-state index in [1.54, 1.807) is 0 Å². The molecule has 0 unspecified atom stereocenters. The van der Waals surface area contributed by atoms with Crippen molar-refractivity contribution in [3.8, 4) is 57.1 Å². The number of aromatic hydroxyl groups is 4. The van der Waals surface area contributed by atoms with Crippen LogP contribution in [0.2, 0.25) is 0 Å². The van der Waals surface area contributed by atoms with Crippen molar-refractivity contribution in [3.05, 3.63) is 82.9 Å². The van der Waals surface area contributed by atoms with Crippen molar-refractivity contribution in [2.24, 2.45) is 0 Å². The molecule has 12 heteroatoms. The van der Waals surface area contributed by atoms with Crippen LogP contribution in [-0.4, -0.2) is 72.0 Å². The van der Waals surface area contributed by atoms with Crippen molar-refractivity contribution < 1.29 is 58.6 Å². The van der Waals surface area contributed by atoms with Crippen LogP contribution in [0, 0.1) is 0 Å². The molecule has 0 spiro atoms. The number of benzene rings is 4. The third kappa shape index (κ3) is 5.68. The minimum atomic E-state index is -1.17. The maximum Gasteiger partial charge on any atom is 0.237 e. The summed E-state index contributed by atoms with van der Waals surface area (Å²) in [7, 11) is 5.47. The van der Waals surface area contributed by atoms with Gasteiger partial charge >= 0.3 is 0 Å². The van der Waals surface area contributed by atoms with Crippen molar-refractivity contribution >= 4 is 23.1 Å². The maximum absolute atomic E-state index is 13.2. The van der Waals surface area contributed by atoms with Crippen LogP contribution < -0.4 is 18.9 Å². The first-order valence-corrected chi connectivity index (χ1v) is 12.7. The summed E-state index contributed by atoms with van der Waals surface area (Å²) >= 11 is 0. The number of ether oxygens (including phenoxy) is 4. The van der Waals surface area contributed by atoms with Gasteiger partial charge in [0.25, 0.3) is 0 Å². The van der Waals surface area contributed by atoms with E-state index in [0.717, 1.165) is 24.3 Å². The summed E-state index contributed by atoms with van der Waals surface area (Å²) in [5.41, 5.74) is -1.85. The molecule has 0 aliphatic carbocycles. The Morgan fingerprint density at radius 3 is 1.09 bits per heavy atom. The quantitative estimate of drug-likeness (QED) is 0.141. The summed E-state index contributed by atoms with van der Waals surface area (Å²) in [5, 5.41) is 42.1. The summed E-state index contributed by atoms with van der Waals surface area (Å²) in [6.45, 7) is 0. The predicted molar refractivity (Wildman–Crippen MR) is 155 cm³/mol. The molecule has 0 fully saturated rings. The van der Waals surface area contributed by atoms with E-state index in [1.807, 2.05) is 0 Å². The summed E-state index contributed by atoms with van der Waals surface area (Å²) in [6, 6.07) is 11.4. The Morgan fingerprint density at radius 2 is 0.773 bits per heavy atom. The lowest BCUT2D eigenvalue weighted by molar-refractivity contribution is 0.0815. The first-order chi connectivity index (χ1) is 20.9. The molecule has 0 saturated heterocycles. The molecule has 12 nitrogen and oxygen atoms in total. The fraction of sp³-hybridized carbons (Fsp3) is 0.125. The van der Waals surface area contributed by atoms with Gasteiger partial charge in [-0.25, -0.2) is 0 Å². The summed E-state index contributed by atoms with van der Waals surface area (Å²) in [4.78, 5) is 52.5. The highest BCUT2D eigenvalue weighted by molar-refractivity contribution is 6.50. The second-order valence-corrected chi connectivity index (χ2v) is 9.23. The number of methoxy groups -OCH3 is 4. The third-order valence-electron chi connectivity index (χ3n) is 6.71. The number of Topliss-reactive ketones (excluding diaryl/α,β-unsaturated/α-hetero) is 4. The molecule has 4 rings (SSSR count). The van der Waals surface area contributed by atoms with Gasteiger partial charge in [0.2, 0.25) is 23.1 Å². The monoisotopic (exact) mass is 602 g/mol. The van der Waals surface area contributed by atoms with Crippen LogP contribution in [0.4, 0.5) is 0 Å². The Kier molecular flexibility index (Phi) is 8.75. The SMILES string of the molecule is COc1ccc(C(=O)C(=O)c2cc(-c3cc(C(=O)C(=O)c4ccc(OC)c(OC)c4)c(O)cc3O)c(O)cc2O)cc1OC. The van der Waals surface area contributed by atoms with Gasteiger partial charge in [-0.05, 0) is 48.5 Å². The van der Waals surface area contributed by atoms with E-state index in [2.05, 4.69) is 0 Å². The van der Waals surface area contributed by atoms with Gasteiger partial charge in [0.15, 0.2) is 23.0 Å². The minimum absolute atomic E-state index is 0.0873. The van der Waals surface area contributed by atoms with E-state index in [1.165, 1.54) is 64.8 Å². The Balaban J connectivity index is 1.75. The van der Waals surface area contributed by atoms with E-state index in [9.17, 15) is 39.6 Å². The number of ketones is 4. The second kappa shape index (κ2) is 12.4. The first-order valence-electron chi connectivity index (χ1n) is 12.7. The van der Waals surface area contributed by atoms with Gasteiger partial charge < -0.3 is 39.4 Å². The number of rotatable bonds is 11. The summed E-state index contributed by atoms with van der Waals surface area (Å²) in [6.07, 6.45) is 0. The van der Waals surface area contributed by atoms with Crippen LogP contribution in [0.15, 0.2) is 60.7 Å². The zero-order valence-corrected chi connectivity index (χ0v) is 23.8. The van der Waals surface area contributed by atoms with Gasteiger partial charge in [-0.1, -0.05) is 0 Å². The molecule has 0 aromatic heterocycles. The van der Waals surface area contributed by atoms with E-state index in [4.69, 9.17) is 18.9 Å². The van der Waals surface area contributed by atoms with Gasteiger partial charge in [-0.15, -0.1) is 0 Å². The first kappa shape index (κ1) is 30.9. The highest BCUT2D eigenvalue weighted by atomic mass is 16.5. The van der Waals surface area contributed by atoms with Crippen molar-refractivity contribution in [2.75, 3.05) is 28.4 Å². The van der Waals surface area contributed by atoms with E-state index in [-0.39, 0.29) is 33.8 Å². The molecule has 0 saturated carbocycles. The molecule has 4 aromatic carbocycles. The van der Waals surface area contributed by atoms with Gasteiger partial charge in [0.1, 0.15) is 23.0 Å². The molecule has 0 bridgehead atoms. The molecular formula is C32H26O12. The Hall–Kier alpha value is -6.04. The van der Waals surface area contributed by atoms with Crippen LogP contribution in [-0.2, 0) is 0 Å². The largest absolute Gasteiger partial charge is 0.507 e. The number of phenolic OH excluding ortho intramolecular Hbond substituents is 4. The Morgan fingerprint density at radius 1 is 0.432 bits per heavy atom. The van der Waals surface area contributed by atoms with Crippen LogP contribution in [0.25, 0.3) is 11.1 Å².